The lowest BCUT2D eigenvalue weighted by molar-refractivity contribution is 0.280. The highest BCUT2D eigenvalue weighted by atomic mass is 32.2. The highest BCUT2D eigenvalue weighted by Crippen LogP contribution is 2.23. The summed E-state index contributed by atoms with van der Waals surface area (Å²) in [5, 5.41) is 5.78. The molecule has 2 heterocycles. The molecule has 1 N–H and O–H groups in total. The average Bonchev–Trinajstić information content (AvgIpc) is 2.85. The number of thiophene rings is 1. The summed E-state index contributed by atoms with van der Waals surface area (Å²) in [4.78, 5) is 3.67. The molecule has 1 atom stereocenters. The fourth-order valence-corrected chi connectivity index (χ4v) is 4.52. The zero-order valence-electron chi connectivity index (χ0n) is 11.1. The van der Waals surface area contributed by atoms with E-state index >= 15 is 0 Å². The minimum absolute atomic E-state index is 0.442. The molecule has 0 bridgehead atoms. The van der Waals surface area contributed by atoms with Gasteiger partial charge in [-0.1, -0.05) is 6.07 Å². The fraction of sp³-hybridized carbons (Fsp3) is 0.692. The smallest absolute Gasteiger partial charge is 0.0561 e. The Labute approximate surface area is 116 Å². The first-order valence-electron chi connectivity index (χ1n) is 6.45. The average molecular weight is 286 g/mol. The fourth-order valence-electron chi connectivity index (χ4n) is 2.29. The molecule has 0 saturated carbocycles. The molecule has 0 radical (unpaired) electrons. The maximum absolute atomic E-state index is 11.3. The third-order valence-electron chi connectivity index (χ3n) is 3.48. The molecule has 1 aliphatic heterocycles. The van der Waals surface area contributed by atoms with Crippen LogP contribution in [0.25, 0.3) is 0 Å². The lowest BCUT2D eigenvalue weighted by Crippen LogP contribution is -2.40. The largest absolute Gasteiger partial charge is 0.312 e. The molecule has 1 fully saturated rings. The Morgan fingerprint density at radius 1 is 1.50 bits per heavy atom. The van der Waals surface area contributed by atoms with Crippen molar-refractivity contribution in [3.63, 3.8) is 0 Å². The van der Waals surface area contributed by atoms with Crippen molar-refractivity contribution in [1.29, 1.82) is 0 Å². The number of rotatable bonds is 5. The second kappa shape index (κ2) is 6.80. The van der Waals surface area contributed by atoms with Crippen LogP contribution in [0.5, 0.6) is 0 Å². The number of nitrogens with one attached hydrogen (secondary N) is 1. The highest BCUT2D eigenvalue weighted by molar-refractivity contribution is 7.85. The molecular formula is C13H22N2OS2. The lowest BCUT2D eigenvalue weighted by atomic mass is 10.1. The highest BCUT2D eigenvalue weighted by Gasteiger charge is 2.20. The van der Waals surface area contributed by atoms with Crippen molar-refractivity contribution in [2.45, 2.75) is 24.9 Å². The second-order valence-corrected chi connectivity index (χ2v) is 7.70. The van der Waals surface area contributed by atoms with E-state index < -0.39 is 10.8 Å². The second-order valence-electron chi connectivity index (χ2n) is 5.03. The van der Waals surface area contributed by atoms with Gasteiger partial charge in [0.2, 0.25) is 0 Å². The molecule has 1 unspecified atom stereocenters. The van der Waals surface area contributed by atoms with Crippen LogP contribution in [0.3, 0.4) is 0 Å². The molecule has 18 heavy (non-hydrogen) atoms. The predicted molar refractivity (Wildman–Crippen MR) is 79.6 cm³/mol. The van der Waals surface area contributed by atoms with Crippen LogP contribution in [-0.2, 0) is 10.8 Å². The zero-order chi connectivity index (χ0) is 13.0. The van der Waals surface area contributed by atoms with Crippen LogP contribution < -0.4 is 5.32 Å². The van der Waals surface area contributed by atoms with Gasteiger partial charge in [-0.05, 0) is 38.4 Å². The van der Waals surface area contributed by atoms with Crippen molar-refractivity contribution in [3.8, 4) is 0 Å². The van der Waals surface area contributed by atoms with E-state index in [-0.39, 0.29) is 0 Å². The van der Waals surface area contributed by atoms with Crippen LogP contribution in [0.1, 0.15) is 23.8 Å². The van der Waals surface area contributed by atoms with Gasteiger partial charge in [-0.3, -0.25) is 4.21 Å². The first-order valence-corrected chi connectivity index (χ1v) is 8.82. The van der Waals surface area contributed by atoms with Crippen LogP contribution in [0.4, 0.5) is 0 Å². The Morgan fingerprint density at radius 3 is 2.78 bits per heavy atom. The standard InChI is InChI=1S/C13H22N2OS2/c1-15(2)12(13-4-3-7-17-13)10-14-11-5-8-18(16)9-6-11/h3-4,7,11-12,14H,5-6,8-10H2,1-2H3. The molecule has 0 aromatic carbocycles. The normalized spacial score (nSPS) is 26.4. The molecule has 1 aromatic rings. The van der Waals surface area contributed by atoms with Crippen molar-refractivity contribution in [2.75, 3.05) is 32.1 Å². The van der Waals surface area contributed by atoms with Gasteiger partial charge in [-0.25, -0.2) is 0 Å². The lowest BCUT2D eigenvalue weighted by Gasteiger charge is -2.28. The van der Waals surface area contributed by atoms with Crippen LogP contribution in [0.2, 0.25) is 0 Å². The Morgan fingerprint density at radius 2 is 2.22 bits per heavy atom. The molecule has 0 aliphatic carbocycles. The summed E-state index contributed by atoms with van der Waals surface area (Å²) in [6.07, 6.45) is 2.11. The van der Waals surface area contributed by atoms with Crippen LogP contribution in [-0.4, -0.2) is 47.3 Å². The Bertz CT molecular complexity index is 368. The Balaban J connectivity index is 1.85. The van der Waals surface area contributed by atoms with Crippen molar-refractivity contribution >= 4 is 22.1 Å². The van der Waals surface area contributed by atoms with Gasteiger partial charge in [-0.2, -0.15) is 0 Å². The molecule has 3 nitrogen and oxygen atoms in total. The maximum atomic E-state index is 11.3. The molecule has 102 valence electrons. The molecule has 0 spiro atoms. The van der Waals surface area contributed by atoms with E-state index in [2.05, 4.69) is 41.8 Å². The monoisotopic (exact) mass is 286 g/mol. The topological polar surface area (TPSA) is 32.3 Å². The van der Waals surface area contributed by atoms with Gasteiger partial charge >= 0.3 is 0 Å². The van der Waals surface area contributed by atoms with E-state index in [1.54, 1.807) is 0 Å². The number of likely N-dealkylation sites (N-methyl/N-ethyl adjacent to an activating group) is 1. The van der Waals surface area contributed by atoms with Crippen LogP contribution >= 0.6 is 11.3 Å². The molecule has 1 aromatic heterocycles. The van der Waals surface area contributed by atoms with Gasteiger partial charge < -0.3 is 10.2 Å². The first kappa shape index (κ1) is 14.2. The van der Waals surface area contributed by atoms with Gasteiger partial charge in [-0.15, -0.1) is 11.3 Å². The summed E-state index contributed by atoms with van der Waals surface area (Å²) < 4.78 is 11.3. The number of hydrogen-bond donors (Lipinski definition) is 1. The summed E-state index contributed by atoms with van der Waals surface area (Å²) in [6.45, 7) is 0.977. The molecular weight excluding hydrogens is 264 g/mol. The van der Waals surface area contributed by atoms with Crippen molar-refractivity contribution in [2.24, 2.45) is 0 Å². The summed E-state index contributed by atoms with van der Waals surface area (Å²) in [5.41, 5.74) is 0. The maximum Gasteiger partial charge on any atom is 0.0561 e. The van der Waals surface area contributed by atoms with E-state index in [0.717, 1.165) is 30.9 Å². The Kier molecular flexibility index (Phi) is 5.36. The van der Waals surface area contributed by atoms with Crippen molar-refractivity contribution in [1.82, 2.24) is 10.2 Å². The van der Waals surface area contributed by atoms with Gasteiger partial charge in [0.25, 0.3) is 0 Å². The Hall–Kier alpha value is -0.230. The molecule has 2 rings (SSSR count). The SMILES string of the molecule is CN(C)C(CNC1CCS(=O)CC1)c1cccs1. The summed E-state index contributed by atoms with van der Waals surface area (Å²) in [6, 6.07) is 5.30. The van der Waals surface area contributed by atoms with E-state index in [4.69, 9.17) is 0 Å². The van der Waals surface area contributed by atoms with E-state index in [0.29, 0.717) is 12.1 Å². The third kappa shape index (κ3) is 3.88. The number of nitrogens with zero attached hydrogens (tertiary/aromatic N) is 1. The van der Waals surface area contributed by atoms with Gasteiger partial charge in [0.05, 0.1) is 6.04 Å². The van der Waals surface area contributed by atoms with Crippen LogP contribution in [0, 0.1) is 0 Å². The predicted octanol–water partition coefficient (Wildman–Crippen LogP) is 1.85. The number of hydrogen-bond acceptors (Lipinski definition) is 4. The minimum Gasteiger partial charge on any atom is -0.312 e. The molecule has 1 aliphatic rings. The minimum atomic E-state index is -0.562. The van der Waals surface area contributed by atoms with E-state index in [9.17, 15) is 4.21 Å². The molecule has 0 amide bonds. The summed E-state index contributed by atoms with van der Waals surface area (Å²) in [5.74, 6) is 1.73. The van der Waals surface area contributed by atoms with Gasteiger partial charge in [0.15, 0.2) is 0 Å². The van der Waals surface area contributed by atoms with E-state index in [1.165, 1.54) is 4.88 Å². The first-order chi connectivity index (χ1) is 8.66. The zero-order valence-corrected chi connectivity index (χ0v) is 12.7. The summed E-state index contributed by atoms with van der Waals surface area (Å²) >= 11 is 1.82. The van der Waals surface area contributed by atoms with Crippen LogP contribution in [0.15, 0.2) is 17.5 Å². The summed E-state index contributed by atoms with van der Waals surface area (Å²) in [7, 11) is 3.69. The van der Waals surface area contributed by atoms with Crippen molar-refractivity contribution in [3.05, 3.63) is 22.4 Å². The molecule has 5 heteroatoms. The van der Waals surface area contributed by atoms with Gasteiger partial charge in [0, 0.05) is 39.8 Å². The van der Waals surface area contributed by atoms with Gasteiger partial charge in [0.1, 0.15) is 0 Å². The molecule has 1 saturated heterocycles. The van der Waals surface area contributed by atoms with Crippen molar-refractivity contribution < 1.29 is 4.21 Å². The quantitative estimate of drug-likeness (QED) is 0.896. The third-order valence-corrected chi connectivity index (χ3v) is 5.84. The van der Waals surface area contributed by atoms with E-state index in [1.807, 2.05) is 11.3 Å².